The lowest BCUT2D eigenvalue weighted by Crippen LogP contribution is -2.31. The average Bonchev–Trinajstić information content (AvgIpc) is 2.82. The number of aromatic nitrogens is 1. The van der Waals surface area contributed by atoms with Crippen molar-refractivity contribution >= 4 is 22.9 Å². The average molecular weight is 262 g/mol. The van der Waals surface area contributed by atoms with Gasteiger partial charge in [0.2, 0.25) is 0 Å². The van der Waals surface area contributed by atoms with Crippen LogP contribution < -0.4 is 10.6 Å². The Labute approximate surface area is 111 Å². The van der Waals surface area contributed by atoms with Crippen molar-refractivity contribution < 1.29 is 9.15 Å². The molecule has 0 aliphatic rings. The van der Waals surface area contributed by atoms with Crippen molar-refractivity contribution in [2.24, 2.45) is 5.73 Å². The topological polar surface area (TPSA) is 88.4 Å². The van der Waals surface area contributed by atoms with E-state index in [1.807, 2.05) is 29.2 Å². The number of hydrogen-bond acceptors (Lipinski definition) is 5. The SMILES string of the molecule is COCCN(CCC(=N)N)c1nc2ccccc2o1. The molecule has 1 aromatic heterocycles. The molecule has 0 saturated carbocycles. The minimum atomic E-state index is 0.151. The molecule has 0 aliphatic heterocycles. The smallest absolute Gasteiger partial charge is 0.298 e. The van der Waals surface area contributed by atoms with Gasteiger partial charge in [-0.05, 0) is 12.1 Å². The number of ether oxygens (including phenoxy) is 1. The summed E-state index contributed by atoms with van der Waals surface area (Å²) in [4.78, 5) is 6.37. The minimum absolute atomic E-state index is 0.151. The highest BCUT2D eigenvalue weighted by Crippen LogP contribution is 2.21. The maximum Gasteiger partial charge on any atom is 0.298 e. The summed E-state index contributed by atoms with van der Waals surface area (Å²) in [7, 11) is 1.65. The Morgan fingerprint density at radius 3 is 2.89 bits per heavy atom. The van der Waals surface area contributed by atoms with Gasteiger partial charge in [0.25, 0.3) is 6.01 Å². The number of rotatable bonds is 7. The predicted octanol–water partition coefficient (Wildman–Crippen LogP) is 1.61. The van der Waals surface area contributed by atoms with Crippen LogP contribution in [0.3, 0.4) is 0 Å². The number of nitrogens with zero attached hydrogens (tertiary/aromatic N) is 2. The number of oxazole rings is 1. The molecular formula is C13H18N4O2. The lowest BCUT2D eigenvalue weighted by molar-refractivity contribution is 0.204. The fraction of sp³-hybridized carbons (Fsp3) is 0.385. The molecule has 6 nitrogen and oxygen atoms in total. The van der Waals surface area contributed by atoms with E-state index in [1.54, 1.807) is 7.11 Å². The largest absolute Gasteiger partial charge is 0.423 e. The van der Waals surface area contributed by atoms with Gasteiger partial charge in [-0.2, -0.15) is 4.98 Å². The first kappa shape index (κ1) is 13.4. The summed E-state index contributed by atoms with van der Waals surface area (Å²) < 4.78 is 10.8. The molecule has 0 saturated heterocycles. The number of anilines is 1. The van der Waals surface area contributed by atoms with Gasteiger partial charge in [0.1, 0.15) is 5.52 Å². The van der Waals surface area contributed by atoms with Gasteiger partial charge >= 0.3 is 0 Å². The molecule has 1 heterocycles. The van der Waals surface area contributed by atoms with E-state index in [9.17, 15) is 0 Å². The van der Waals surface area contributed by atoms with Crippen LogP contribution in [0.4, 0.5) is 6.01 Å². The third-order valence-electron chi connectivity index (χ3n) is 2.77. The lowest BCUT2D eigenvalue weighted by Gasteiger charge is -2.19. The van der Waals surface area contributed by atoms with Gasteiger partial charge < -0.3 is 19.8 Å². The number of hydrogen-bond donors (Lipinski definition) is 2. The van der Waals surface area contributed by atoms with Crippen molar-refractivity contribution in [2.45, 2.75) is 6.42 Å². The van der Waals surface area contributed by atoms with Crippen LogP contribution in [0.1, 0.15) is 6.42 Å². The van der Waals surface area contributed by atoms with Crippen molar-refractivity contribution in [1.82, 2.24) is 4.98 Å². The molecule has 2 rings (SSSR count). The van der Waals surface area contributed by atoms with E-state index < -0.39 is 0 Å². The fourth-order valence-electron chi connectivity index (χ4n) is 1.76. The Hall–Kier alpha value is -2.08. The molecule has 0 unspecified atom stereocenters. The van der Waals surface area contributed by atoms with Crippen LogP contribution in [0, 0.1) is 5.41 Å². The number of benzene rings is 1. The van der Waals surface area contributed by atoms with E-state index in [2.05, 4.69) is 4.98 Å². The van der Waals surface area contributed by atoms with Crippen molar-refractivity contribution in [3.05, 3.63) is 24.3 Å². The Morgan fingerprint density at radius 2 is 2.21 bits per heavy atom. The molecular weight excluding hydrogens is 244 g/mol. The van der Waals surface area contributed by atoms with Gasteiger partial charge in [-0.15, -0.1) is 0 Å². The van der Waals surface area contributed by atoms with Gasteiger partial charge in [0.05, 0.1) is 12.4 Å². The van der Waals surface area contributed by atoms with E-state index in [-0.39, 0.29) is 5.84 Å². The summed E-state index contributed by atoms with van der Waals surface area (Å²) >= 11 is 0. The first-order valence-corrected chi connectivity index (χ1v) is 6.13. The van der Waals surface area contributed by atoms with E-state index >= 15 is 0 Å². The zero-order valence-electron chi connectivity index (χ0n) is 10.9. The molecule has 102 valence electrons. The predicted molar refractivity (Wildman–Crippen MR) is 74.6 cm³/mol. The Bertz CT molecular complexity index is 519. The van der Waals surface area contributed by atoms with Crippen molar-refractivity contribution in [1.29, 1.82) is 5.41 Å². The van der Waals surface area contributed by atoms with Gasteiger partial charge in [-0.1, -0.05) is 12.1 Å². The highest BCUT2D eigenvalue weighted by Gasteiger charge is 2.13. The minimum Gasteiger partial charge on any atom is -0.423 e. The maximum absolute atomic E-state index is 7.30. The van der Waals surface area contributed by atoms with E-state index in [1.165, 1.54) is 0 Å². The zero-order chi connectivity index (χ0) is 13.7. The van der Waals surface area contributed by atoms with Crippen molar-refractivity contribution in [3.63, 3.8) is 0 Å². The lowest BCUT2D eigenvalue weighted by atomic mass is 10.3. The van der Waals surface area contributed by atoms with E-state index in [0.29, 0.717) is 32.1 Å². The van der Waals surface area contributed by atoms with Crippen LogP contribution in [0.5, 0.6) is 0 Å². The maximum atomic E-state index is 7.30. The van der Waals surface area contributed by atoms with E-state index in [4.69, 9.17) is 20.3 Å². The summed E-state index contributed by atoms with van der Waals surface area (Å²) in [6, 6.07) is 8.16. The molecule has 0 amide bonds. The second-order valence-electron chi connectivity index (χ2n) is 4.22. The molecule has 19 heavy (non-hydrogen) atoms. The molecule has 6 heteroatoms. The number of para-hydroxylation sites is 2. The monoisotopic (exact) mass is 262 g/mol. The molecule has 2 aromatic rings. The standard InChI is InChI=1S/C13H18N4O2/c1-18-9-8-17(7-6-12(14)15)13-16-10-4-2-3-5-11(10)19-13/h2-5H,6-9H2,1H3,(H3,14,15). The molecule has 1 aromatic carbocycles. The zero-order valence-corrected chi connectivity index (χ0v) is 10.9. The summed E-state index contributed by atoms with van der Waals surface area (Å²) in [5.74, 6) is 0.151. The van der Waals surface area contributed by atoms with Crippen LogP contribution in [0.15, 0.2) is 28.7 Å². The second kappa shape index (κ2) is 6.19. The summed E-state index contributed by atoms with van der Waals surface area (Å²) in [6.45, 7) is 1.80. The highest BCUT2D eigenvalue weighted by atomic mass is 16.5. The van der Waals surface area contributed by atoms with Crippen LogP contribution in [0.25, 0.3) is 11.1 Å². The number of nitrogens with two attached hydrogens (primary N) is 1. The normalized spacial score (nSPS) is 10.8. The summed E-state index contributed by atoms with van der Waals surface area (Å²) in [5.41, 5.74) is 6.97. The highest BCUT2D eigenvalue weighted by molar-refractivity contribution is 5.77. The molecule has 0 bridgehead atoms. The quantitative estimate of drug-likeness (QED) is 0.584. The first-order valence-electron chi connectivity index (χ1n) is 6.13. The number of methoxy groups -OCH3 is 1. The Balaban J connectivity index is 2.17. The van der Waals surface area contributed by atoms with Gasteiger partial charge in [0.15, 0.2) is 5.58 Å². The summed E-state index contributed by atoms with van der Waals surface area (Å²) in [5, 5.41) is 7.30. The summed E-state index contributed by atoms with van der Waals surface area (Å²) in [6.07, 6.45) is 0.475. The van der Waals surface area contributed by atoms with Crippen molar-refractivity contribution in [3.8, 4) is 0 Å². The van der Waals surface area contributed by atoms with Crippen molar-refractivity contribution in [2.75, 3.05) is 31.7 Å². The Morgan fingerprint density at radius 1 is 1.42 bits per heavy atom. The van der Waals surface area contributed by atoms with Crippen LogP contribution in [0.2, 0.25) is 0 Å². The third kappa shape index (κ3) is 3.45. The molecule has 3 N–H and O–H groups in total. The number of amidine groups is 1. The number of fused-ring (bicyclic) bond motifs is 1. The van der Waals surface area contributed by atoms with E-state index in [0.717, 1.165) is 11.1 Å². The third-order valence-corrected chi connectivity index (χ3v) is 2.77. The van der Waals surface area contributed by atoms with Gasteiger partial charge in [-0.3, -0.25) is 5.41 Å². The molecule has 0 radical (unpaired) electrons. The molecule has 0 atom stereocenters. The fourth-order valence-corrected chi connectivity index (χ4v) is 1.76. The van der Waals surface area contributed by atoms with Crippen LogP contribution >= 0.6 is 0 Å². The number of nitrogens with one attached hydrogen (secondary N) is 1. The van der Waals surface area contributed by atoms with Gasteiger partial charge in [0, 0.05) is 26.6 Å². The molecule has 0 fully saturated rings. The molecule has 0 spiro atoms. The second-order valence-corrected chi connectivity index (χ2v) is 4.22. The van der Waals surface area contributed by atoms with Gasteiger partial charge in [-0.25, -0.2) is 0 Å². The van der Waals surface area contributed by atoms with Crippen LogP contribution in [-0.4, -0.2) is 37.6 Å². The first-order chi connectivity index (χ1) is 9.20. The van der Waals surface area contributed by atoms with Crippen LogP contribution in [-0.2, 0) is 4.74 Å². The Kier molecular flexibility index (Phi) is 4.35. The molecule has 0 aliphatic carbocycles.